The van der Waals surface area contributed by atoms with Gasteiger partial charge in [-0.2, -0.15) is 0 Å². The van der Waals surface area contributed by atoms with E-state index < -0.39 is 0 Å². The van der Waals surface area contributed by atoms with E-state index in [1.165, 1.54) is 12.8 Å². The quantitative estimate of drug-likeness (QED) is 0.704. The largest absolute Gasteiger partial charge is 0.340 e. The first kappa shape index (κ1) is 10.9. The van der Waals surface area contributed by atoms with Crippen LogP contribution in [0, 0.1) is 0 Å². The molecule has 0 bridgehead atoms. The highest BCUT2D eigenvalue weighted by molar-refractivity contribution is 5.76. The van der Waals surface area contributed by atoms with Crippen LogP contribution in [0.1, 0.15) is 39.5 Å². The molecule has 3 nitrogen and oxygen atoms in total. The van der Waals surface area contributed by atoms with E-state index in [1.54, 1.807) is 0 Å². The van der Waals surface area contributed by atoms with Crippen LogP contribution < -0.4 is 0 Å². The Hall–Kier alpha value is -0.570. The second-order valence-electron chi connectivity index (χ2n) is 4.87. The summed E-state index contributed by atoms with van der Waals surface area (Å²) >= 11 is 0. The summed E-state index contributed by atoms with van der Waals surface area (Å²) in [6, 6.07) is 0. The molecule has 1 saturated heterocycles. The summed E-state index contributed by atoms with van der Waals surface area (Å²) in [4.78, 5) is 16.5. The zero-order valence-corrected chi connectivity index (χ0v) is 9.96. The van der Waals surface area contributed by atoms with Gasteiger partial charge in [-0.3, -0.25) is 9.69 Å². The molecule has 15 heavy (non-hydrogen) atoms. The lowest BCUT2D eigenvalue weighted by molar-refractivity contribution is -0.134. The Morgan fingerprint density at radius 2 is 2.00 bits per heavy atom. The molecule has 86 valence electrons. The monoisotopic (exact) mass is 210 g/mol. The van der Waals surface area contributed by atoms with Gasteiger partial charge >= 0.3 is 0 Å². The molecule has 2 rings (SSSR count). The van der Waals surface area contributed by atoms with Gasteiger partial charge in [-0.25, -0.2) is 0 Å². The molecule has 2 fully saturated rings. The summed E-state index contributed by atoms with van der Waals surface area (Å²) in [5.41, 5.74) is 0.385. The number of hydrogen-bond donors (Lipinski definition) is 0. The van der Waals surface area contributed by atoms with Gasteiger partial charge in [0.15, 0.2) is 0 Å². The van der Waals surface area contributed by atoms with Gasteiger partial charge in [-0.05, 0) is 25.8 Å². The van der Waals surface area contributed by atoms with Gasteiger partial charge in [-0.1, -0.05) is 13.8 Å². The molecular weight excluding hydrogens is 188 g/mol. The molecule has 1 spiro atoms. The number of rotatable bonds is 3. The summed E-state index contributed by atoms with van der Waals surface area (Å²) in [6.07, 6.45) is 4.27. The summed E-state index contributed by atoms with van der Waals surface area (Å²) in [5, 5.41) is 0. The van der Waals surface area contributed by atoms with Crippen molar-refractivity contribution in [3.8, 4) is 0 Å². The van der Waals surface area contributed by atoms with Gasteiger partial charge in [-0.15, -0.1) is 0 Å². The molecule has 0 N–H and O–H groups in total. The van der Waals surface area contributed by atoms with Crippen LogP contribution in [-0.4, -0.2) is 47.4 Å². The standard InChI is InChI=1S/C12H22N2O/c1-3-5-11(15)13-8-9-14(4-2)12(10-13)6-7-12/h3-10H2,1-2H3. The number of carbonyl (C=O) groups excluding carboxylic acids is 1. The third-order valence-corrected chi connectivity index (χ3v) is 3.82. The van der Waals surface area contributed by atoms with Gasteiger partial charge in [0, 0.05) is 31.6 Å². The van der Waals surface area contributed by atoms with E-state index in [-0.39, 0.29) is 0 Å². The summed E-state index contributed by atoms with van der Waals surface area (Å²) < 4.78 is 0. The normalized spacial score (nSPS) is 24.5. The summed E-state index contributed by atoms with van der Waals surface area (Å²) in [6.45, 7) is 8.44. The molecule has 1 heterocycles. The second-order valence-corrected chi connectivity index (χ2v) is 4.87. The van der Waals surface area contributed by atoms with Crippen molar-refractivity contribution >= 4 is 5.91 Å². The average molecular weight is 210 g/mol. The SMILES string of the molecule is CCCC(=O)N1CCN(CC)C2(CC2)C1. The first-order valence-corrected chi connectivity index (χ1v) is 6.24. The average Bonchev–Trinajstić information content (AvgIpc) is 2.99. The van der Waals surface area contributed by atoms with Crippen molar-refractivity contribution in [3.63, 3.8) is 0 Å². The van der Waals surface area contributed by atoms with Crippen molar-refractivity contribution in [1.29, 1.82) is 0 Å². The van der Waals surface area contributed by atoms with E-state index >= 15 is 0 Å². The fraction of sp³-hybridized carbons (Fsp3) is 0.917. The van der Waals surface area contributed by atoms with Crippen molar-refractivity contribution < 1.29 is 4.79 Å². The van der Waals surface area contributed by atoms with Gasteiger partial charge in [0.05, 0.1) is 0 Å². The van der Waals surface area contributed by atoms with Crippen LogP contribution in [0.3, 0.4) is 0 Å². The number of amides is 1. The molecule has 0 aromatic carbocycles. The van der Waals surface area contributed by atoms with Crippen molar-refractivity contribution in [1.82, 2.24) is 9.80 Å². The van der Waals surface area contributed by atoms with E-state index in [1.807, 2.05) is 0 Å². The van der Waals surface area contributed by atoms with E-state index in [4.69, 9.17) is 0 Å². The number of nitrogens with zero attached hydrogens (tertiary/aromatic N) is 2. The number of piperazine rings is 1. The van der Waals surface area contributed by atoms with Crippen LogP contribution in [0.25, 0.3) is 0 Å². The van der Waals surface area contributed by atoms with E-state index in [0.29, 0.717) is 11.4 Å². The highest BCUT2D eigenvalue weighted by Gasteiger charge is 2.50. The zero-order chi connectivity index (χ0) is 10.9. The van der Waals surface area contributed by atoms with Crippen LogP contribution >= 0.6 is 0 Å². The van der Waals surface area contributed by atoms with Crippen molar-refractivity contribution in [2.45, 2.75) is 45.1 Å². The summed E-state index contributed by atoms with van der Waals surface area (Å²) in [5.74, 6) is 0.361. The van der Waals surface area contributed by atoms with Crippen LogP contribution in [0.15, 0.2) is 0 Å². The highest BCUT2D eigenvalue weighted by atomic mass is 16.2. The fourth-order valence-electron chi connectivity index (χ4n) is 2.71. The van der Waals surface area contributed by atoms with Crippen molar-refractivity contribution in [2.24, 2.45) is 0 Å². The van der Waals surface area contributed by atoms with Crippen LogP contribution in [0.2, 0.25) is 0 Å². The van der Waals surface area contributed by atoms with Gasteiger partial charge in [0.25, 0.3) is 0 Å². The minimum Gasteiger partial charge on any atom is -0.340 e. The molecular formula is C12H22N2O. The summed E-state index contributed by atoms with van der Waals surface area (Å²) in [7, 11) is 0. The molecule has 0 aromatic rings. The first-order valence-electron chi connectivity index (χ1n) is 6.24. The second kappa shape index (κ2) is 4.12. The van der Waals surface area contributed by atoms with Crippen LogP contribution in [0.5, 0.6) is 0 Å². The van der Waals surface area contributed by atoms with Gasteiger partial charge < -0.3 is 4.90 Å². The fourth-order valence-corrected chi connectivity index (χ4v) is 2.71. The Kier molecular flexibility index (Phi) is 3.01. The Bertz CT molecular complexity index is 248. The third-order valence-electron chi connectivity index (χ3n) is 3.82. The third kappa shape index (κ3) is 2.03. The minimum absolute atomic E-state index is 0.361. The van der Waals surface area contributed by atoms with Gasteiger partial charge in [0.2, 0.25) is 5.91 Å². The van der Waals surface area contributed by atoms with Crippen molar-refractivity contribution in [3.05, 3.63) is 0 Å². The number of carbonyl (C=O) groups is 1. The maximum absolute atomic E-state index is 11.8. The van der Waals surface area contributed by atoms with Crippen LogP contribution in [0.4, 0.5) is 0 Å². The predicted molar refractivity (Wildman–Crippen MR) is 60.7 cm³/mol. The van der Waals surface area contributed by atoms with E-state index in [9.17, 15) is 4.79 Å². The molecule has 0 unspecified atom stereocenters. The lowest BCUT2D eigenvalue weighted by atomic mass is 10.1. The first-order chi connectivity index (χ1) is 7.22. The molecule has 1 aliphatic carbocycles. The van der Waals surface area contributed by atoms with E-state index in [2.05, 4.69) is 23.6 Å². The Balaban J connectivity index is 1.94. The predicted octanol–water partition coefficient (Wildman–Crippen LogP) is 1.48. The molecule has 0 aromatic heterocycles. The Morgan fingerprint density at radius 3 is 2.53 bits per heavy atom. The molecule has 3 heteroatoms. The van der Waals surface area contributed by atoms with Crippen molar-refractivity contribution in [2.75, 3.05) is 26.2 Å². The lowest BCUT2D eigenvalue weighted by Gasteiger charge is -2.41. The lowest BCUT2D eigenvalue weighted by Crippen LogP contribution is -2.56. The molecule has 1 saturated carbocycles. The molecule has 0 atom stereocenters. The Labute approximate surface area is 92.4 Å². The maximum atomic E-state index is 11.8. The molecule has 2 aliphatic rings. The number of hydrogen-bond acceptors (Lipinski definition) is 2. The Morgan fingerprint density at radius 1 is 1.27 bits per heavy atom. The zero-order valence-electron chi connectivity index (χ0n) is 9.96. The van der Waals surface area contributed by atoms with E-state index in [0.717, 1.165) is 39.0 Å². The van der Waals surface area contributed by atoms with Gasteiger partial charge in [0.1, 0.15) is 0 Å². The smallest absolute Gasteiger partial charge is 0.222 e. The molecule has 1 aliphatic heterocycles. The topological polar surface area (TPSA) is 23.6 Å². The minimum atomic E-state index is 0.361. The molecule has 0 radical (unpaired) electrons. The molecule has 1 amide bonds. The maximum Gasteiger partial charge on any atom is 0.222 e. The highest BCUT2D eigenvalue weighted by Crippen LogP contribution is 2.44. The van der Waals surface area contributed by atoms with Crippen LogP contribution in [-0.2, 0) is 4.79 Å². The number of likely N-dealkylation sites (N-methyl/N-ethyl adjacent to an activating group) is 1.